The Morgan fingerprint density at radius 1 is 1.41 bits per heavy atom. The summed E-state index contributed by atoms with van der Waals surface area (Å²) >= 11 is 3.46. The largest absolute Gasteiger partial charge is 0.383 e. The highest BCUT2D eigenvalue weighted by molar-refractivity contribution is 9.10. The number of tetrazole rings is 1. The van der Waals surface area contributed by atoms with Crippen LogP contribution in [-0.4, -0.2) is 76.9 Å². The number of ether oxygens (including phenoxy) is 1. The van der Waals surface area contributed by atoms with Crippen LogP contribution >= 0.6 is 15.9 Å². The lowest BCUT2D eigenvalue weighted by Gasteiger charge is -2.34. The molecule has 1 aliphatic rings. The van der Waals surface area contributed by atoms with Gasteiger partial charge in [0.15, 0.2) is 5.82 Å². The highest BCUT2D eigenvalue weighted by atomic mass is 79.9. The van der Waals surface area contributed by atoms with Crippen LogP contribution in [0.5, 0.6) is 0 Å². The molecule has 2 aromatic rings. The molecule has 9 nitrogen and oxygen atoms in total. The highest BCUT2D eigenvalue weighted by Gasteiger charge is 2.47. The van der Waals surface area contributed by atoms with E-state index in [0.29, 0.717) is 26.2 Å². The first-order valence-electron chi connectivity index (χ1n) is 8.71. The summed E-state index contributed by atoms with van der Waals surface area (Å²) in [5, 5.41) is 15.2. The molecule has 1 N–H and O–H groups in total. The molecule has 1 saturated heterocycles. The van der Waals surface area contributed by atoms with Crippen LogP contribution in [0.3, 0.4) is 0 Å². The van der Waals surface area contributed by atoms with Gasteiger partial charge in [-0.25, -0.2) is 9.48 Å². The number of carbonyl (C=O) groups is 1. The molecule has 27 heavy (non-hydrogen) atoms. The Labute approximate surface area is 166 Å². The molecule has 1 aromatic carbocycles. The van der Waals surface area contributed by atoms with E-state index >= 15 is 0 Å². The quantitative estimate of drug-likeness (QED) is 0.740. The van der Waals surface area contributed by atoms with Crippen molar-refractivity contribution < 1.29 is 9.53 Å². The second-order valence-electron chi connectivity index (χ2n) is 6.73. The average Bonchev–Trinajstić information content (AvgIpc) is 3.29. The van der Waals surface area contributed by atoms with E-state index in [1.807, 2.05) is 38.4 Å². The van der Waals surface area contributed by atoms with Crippen molar-refractivity contribution in [2.45, 2.75) is 18.5 Å². The summed E-state index contributed by atoms with van der Waals surface area (Å²) in [7, 11) is 5.63. The Morgan fingerprint density at radius 2 is 2.19 bits per heavy atom. The third kappa shape index (κ3) is 3.97. The van der Waals surface area contributed by atoms with Gasteiger partial charge < -0.3 is 15.0 Å². The maximum absolute atomic E-state index is 12.8. The van der Waals surface area contributed by atoms with Gasteiger partial charge in [0.05, 0.1) is 18.8 Å². The summed E-state index contributed by atoms with van der Waals surface area (Å²) in [5.41, 5.74) is 0.303. The first kappa shape index (κ1) is 19.7. The molecule has 146 valence electrons. The summed E-state index contributed by atoms with van der Waals surface area (Å²) in [6.45, 7) is 2.21. The topological polar surface area (TPSA) is 88.4 Å². The molecule has 1 unspecified atom stereocenters. The fourth-order valence-electron chi connectivity index (χ4n) is 3.34. The molecule has 0 radical (unpaired) electrons. The van der Waals surface area contributed by atoms with Crippen LogP contribution in [0, 0.1) is 0 Å². The van der Waals surface area contributed by atoms with Gasteiger partial charge in [-0.15, -0.1) is 5.10 Å². The van der Waals surface area contributed by atoms with E-state index in [1.165, 1.54) is 0 Å². The van der Waals surface area contributed by atoms with Crippen LogP contribution < -0.4 is 5.32 Å². The van der Waals surface area contributed by atoms with Crippen molar-refractivity contribution in [3.05, 3.63) is 34.6 Å². The first-order chi connectivity index (χ1) is 13.0. The number of amides is 2. The van der Waals surface area contributed by atoms with Gasteiger partial charge in [-0.3, -0.25) is 4.90 Å². The number of aromatic nitrogens is 4. The summed E-state index contributed by atoms with van der Waals surface area (Å²) < 4.78 is 7.76. The van der Waals surface area contributed by atoms with Crippen LogP contribution in [0.1, 0.15) is 12.2 Å². The number of likely N-dealkylation sites (N-methyl/N-ethyl adjacent to an activating group) is 1. The number of anilines is 1. The number of hydrogen-bond donors (Lipinski definition) is 1. The van der Waals surface area contributed by atoms with Gasteiger partial charge >= 0.3 is 6.03 Å². The van der Waals surface area contributed by atoms with E-state index in [4.69, 9.17) is 4.74 Å². The predicted molar refractivity (Wildman–Crippen MR) is 104 cm³/mol. The maximum atomic E-state index is 12.8. The van der Waals surface area contributed by atoms with Crippen molar-refractivity contribution in [3.63, 3.8) is 0 Å². The highest BCUT2D eigenvalue weighted by Crippen LogP contribution is 2.35. The third-order valence-corrected chi connectivity index (χ3v) is 5.65. The Morgan fingerprint density at radius 3 is 2.89 bits per heavy atom. The third-order valence-electron chi connectivity index (χ3n) is 4.96. The molecule has 0 bridgehead atoms. The molecule has 2 amide bonds. The van der Waals surface area contributed by atoms with Gasteiger partial charge in [0.1, 0.15) is 5.54 Å². The van der Waals surface area contributed by atoms with Gasteiger partial charge in [-0.05, 0) is 59.0 Å². The number of nitrogens with one attached hydrogen (secondary N) is 1. The number of methoxy groups -OCH3 is 1. The standard InChI is InChI=1S/C17H24BrN7O2/c1-23(2)17(15-20-21-22-25(15)10-11-27-3)8-9-24(12-17)16(26)19-14-7-5-4-6-13(14)18/h4-7H,8-12H2,1-3H3,(H,19,26). The number of rotatable bonds is 6. The van der Waals surface area contributed by atoms with Crippen molar-refractivity contribution in [2.24, 2.45) is 0 Å². The van der Waals surface area contributed by atoms with Crippen molar-refractivity contribution in [1.82, 2.24) is 30.0 Å². The smallest absolute Gasteiger partial charge is 0.321 e. The lowest BCUT2D eigenvalue weighted by molar-refractivity contribution is 0.132. The fourth-order valence-corrected chi connectivity index (χ4v) is 3.72. The fraction of sp³-hybridized carbons (Fsp3) is 0.529. The van der Waals surface area contributed by atoms with Crippen LogP contribution in [0.15, 0.2) is 28.7 Å². The molecule has 1 fully saturated rings. The van der Waals surface area contributed by atoms with Crippen molar-refractivity contribution in [2.75, 3.05) is 46.2 Å². The number of likely N-dealkylation sites (tertiary alicyclic amines) is 1. The molecule has 0 saturated carbocycles. The van der Waals surface area contributed by atoms with Gasteiger partial charge in [-0.1, -0.05) is 12.1 Å². The Balaban J connectivity index is 1.79. The second-order valence-corrected chi connectivity index (χ2v) is 7.58. The van der Waals surface area contributed by atoms with Gasteiger partial charge in [0, 0.05) is 24.7 Å². The zero-order chi connectivity index (χ0) is 19.4. The van der Waals surface area contributed by atoms with Gasteiger partial charge in [0.2, 0.25) is 0 Å². The molecular weight excluding hydrogens is 414 g/mol. The van der Waals surface area contributed by atoms with Crippen LogP contribution in [0.4, 0.5) is 10.5 Å². The summed E-state index contributed by atoms with van der Waals surface area (Å²) in [5.74, 6) is 0.751. The Hall–Kier alpha value is -2.04. The minimum atomic E-state index is -0.442. The number of halogens is 1. The number of nitrogens with zero attached hydrogens (tertiary/aromatic N) is 6. The van der Waals surface area contributed by atoms with Crippen LogP contribution in [-0.2, 0) is 16.8 Å². The maximum Gasteiger partial charge on any atom is 0.321 e. The lowest BCUT2D eigenvalue weighted by Crippen LogP contribution is -2.47. The van der Waals surface area contributed by atoms with E-state index < -0.39 is 5.54 Å². The lowest BCUT2D eigenvalue weighted by atomic mass is 9.96. The van der Waals surface area contributed by atoms with E-state index in [0.717, 1.165) is 22.4 Å². The molecule has 1 aromatic heterocycles. The van der Waals surface area contributed by atoms with Gasteiger partial charge in [-0.2, -0.15) is 0 Å². The average molecular weight is 438 g/mol. The summed E-state index contributed by atoms with van der Waals surface area (Å²) in [6.07, 6.45) is 0.747. The minimum absolute atomic E-state index is 0.137. The molecule has 0 spiro atoms. The molecule has 3 rings (SSSR count). The number of urea groups is 1. The van der Waals surface area contributed by atoms with Crippen molar-refractivity contribution in [3.8, 4) is 0 Å². The number of hydrogen-bond acceptors (Lipinski definition) is 6. The molecule has 10 heteroatoms. The Kier molecular flexibility index (Phi) is 6.08. The molecule has 0 aliphatic carbocycles. The SMILES string of the molecule is COCCn1nnnc1C1(N(C)C)CCN(C(=O)Nc2ccccc2Br)C1. The van der Waals surface area contributed by atoms with Crippen molar-refractivity contribution in [1.29, 1.82) is 0 Å². The van der Waals surface area contributed by atoms with Gasteiger partial charge in [0.25, 0.3) is 0 Å². The normalized spacial score (nSPS) is 19.7. The summed E-state index contributed by atoms with van der Waals surface area (Å²) in [6, 6.07) is 7.42. The number of benzene rings is 1. The van der Waals surface area contributed by atoms with E-state index in [-0.39, 0.29) is 6.03 Å². The van der Waals surface area contributed by atoms with Crippen LogP contribution in [0.2, 0.25) is 0 Å². The predicted octanol–water partition coefficient (Wildman–Crippen LogP) is 1.78. The number of carbonyl (C=O) groups excluding carboxylic acids is 1. The molecule has 1 atom stereocenters. The van der Waals surface area contributed by atoms with Crippen LogP contribution in [0.25, 0.3) is 0 Å². The zero-order valence-corrected chi connectivity index (χ0v) is 17.3. The van der Waals surface area contributed by atoms with E-state index in [1.54, 1.807) is 16.7 Å². The molecule has 1 aliphatic heterocycles. The summed E-state index contributed by atoms with van der Waals surface area (Å²) in [4.78, 5) is 16.7. The monoisotopic (exact) mass is 437 g/mol. The first-order valence-corrected chi connectivity index (χ1v) is 9.51. The second kappa shape index (κ2) is 8.32. The molecule has 2 heterocycles. The molecular formula is C17H24BrN7O2. The van der Waals surface area contributed by atoms with E-state index in [2.05, 4.69) is 41.7 Å². The minimum Gasteiger partial charge on any atom is -0.383 e. The van der Waals surface area contributed by atoms with E-state index in [9.17, 15) is 4.79 Å². The van der Waals surface area contributed by atoms with Crippen molar-refractivity contribution >= 4 is 27.6 Å². The Bertz CT molecular complexity index is 797. The number of para-hydroxylation sites is 1. The zero-order valence-electron chi connectivity index (χ0n) is 15.7.